The summed E-state index contributed by atoms with van der Waals surface area (Å²) < 4.78 is 1.93. The molecule has 0 bridgehead atoms. The van der Waals surface area contributed by atoms with E-state index < -0.39 is 0 Å². The highest BCUT2D eigenvalue weighted by molar-refractivity contribution is 6.30. The lowest BCUT2D eigenvalue weighted by Gasteiger charge is -2.34. The van der Waals surface area contributed by atoms with Crippen LogP contribution in [0.5, 0.6) is 0 Å². The van der Waals surface area contributed by atoms with Gasteiger partial charge in [0.2, 0.25) is 5.96 Å². The van der Waals surface area contributed by atoms with Crippen molar-refractivity contribution in [3.05, 3.63) is 46.9 Å². The number of aromatic nitrogens is 2. The molecule has 128 valence electrons. The lowest BCUT2D eigenvalue weighted by atomic mass is 10.1. The summed E-state index contributed by atoms with van der Waals surface area (Å²) in [5, 5.41) is 0.706. The van der Waals surface area contributed by atoms with E-state index in [9.17, 15) is 4.79 Å². The Morgan fingerprint density at radius 1 is 1.24 bits per heavy atom. The topological polar surface area (TPSA) is 53.7 Å². The predicted molar refractivity (Wildman–Crippen MR) is 96.2 cm³/mol. The highest BCUT2D eigenvalue weighted by Crippen LogP contribution is 2.39. The fourth-order valence-corrected chi connectivity index (χ4v) is 4.28. The third-order valence-corrected chi connectivity index (χ3v) is 5.64. The molecule has 0 spiro atoms. The lowest BCUT2D eigenvalue weighted by Crippen LogP contribution is -2.51. The minimum atomic E-state index is -0.0450. The molecule has 0 N–H and O–H groups in total. The molecule has 5 rings (SSSR count). The van der Waals surface area contributed by atoms with Gasteiger partial charge in [-0.05, 0) is 37.0 Å². The van der Waals surface area contributed by atoms with Gasteiger partial charge in [-0.1, -0.05) is 23.7 Å². The Kier molecular flexibility index (Phi) is 3.19. The van der Waals surface area contributed by atoms with Crippen LogP contribution in [0.4, 0.5) is 5.82 Å². The molecule has 2 aromatic rings. The summed E-state index contributed by atoms with van der Waals surface area (Å²) in [4.78, 5) is 26.2. The van der Waals surface area contributed by atoms with E-state index in [0.717, 1.165) is 30.2 Å². The average Bonchev–Trinajstić information content (AvgIpc) is 3.29. The fourth-order valence-electron chi connectivity index (χ4n) is 4.15. The van der Waals surface area contributed by atoms with Crippen LogP contribution in [0.1, 0.15) is 35.3 Å². The number of imidazole rings is 1. The van der Waals surface area contributed by atoms with Crippen molar-refractivity contribution in [3.8, 4) is 0 Å². The van der Waals surface area contributed by atoms with Crippen LogP contribution in [0.15, 0.2) is 35.6 Å². The number of hydrogen-bond acceptors (Lipinski definition) is 4. The van der Waals surface area contributed by atoms with Gasteiger partial charge in [0.15, 0.2) is 11.5 Å². The molecule has 1 aromatic carbocycles. The largest absolute Gasteiger partial charge is 0.320 e. The highest BCUT2D eigenvalue weighted by Gasteiger charge is 2.48. The van der Waals surface area contributed by atoms with Crippen molar-refractivity contribution in [1.82, 2.24) is 14.5 Å². The molecule has 3 aliphatic rings. The van der Waals surface area contributed by atoms with Gasteiger partial charge in [-0.25, -0.2) is 9.98 Å². The van der Waals surface area contributed by atoms with Crippen LogP contribution in [0, 0.1) is 0 Å². The summed E-state index contributed by atoms with van der Waals surface area (Å²) in [6, 6.07) is 8.30. The monoisotopic (exact) mass is 355 g/mol. The van der Waals surface area contributed by atoms with Gasteiger partial charge in [0.1, 0.15) is 0 Å². The molecule has 1 aliphatic carbocycles. The van der Waals surface area contributed by atoms with E-state index in [2.05, 4.69) is 9.88 Å². The van der Waals surface area contributed by atoms with Crippen LogP contribution in [0.3, 0.4) is 0 Å². The predicted octanol–water partition coefficient (Wildman–Crippen LogP) is 2.77. The molecule has 1 aromatic heterocycles. The first kappa shape index (κ1) is 15.0. The second kappa shape index (κ2) is 5.33. The van der Waals surface area contributed by atoms with Crippen LogP contribution in [0.2, 0.25) is 5.02 Å². The zero-order chi connectivity index (χ0) is 17.1. The van der Waals surface area contributed by atoms with Crippen LogP contribution < -0.4 is 4.90 Å². The molecule has 0 unspecified atom stereocenters. The summed E-state index contributed by atoms with van der Waals surface area (Å²) in [6.45, 7) is 0.591. The number of amides is 1. The molecular formula is C18H18ClN5O. The van der Waals surface area contributed by atoms with Crippen LogP contribution in [0.25, 0.3) is 0 Å². The summed E-state index contributed by atoms with van der Waals surface area (Å²) in [6.07, 6.45) is 5.13. The first-order valence-electron chi connectivity index (χ1n) is 8.58. The van der Waals surface area contributed by atoms with E-state index >= 15 is 0 Å². The Balaban J connectivity index is 1.56. The van der Waals surface area contributed by atoms with E-state index in [1.54, 1.807) is 18.3 Å². The number of aliphatic imine (C=N–C) groups is 1. The number of guanidine groups is 1. The normalized spacial score (nSPS) is 24.2. The third kappa shape index (κ3) is 2.13. The van der Waals surface area contributed by atoms with Crippen molar-refractivity contribution in [2.45, 2.75) is 37.9 Å². The number of fused-ring (bicyclic) bond motifs is 5. The molecule has 1 saturated carbocycles. The van der Waals surface area contributed by atoms with Gasteiger partial charge in [-0.15, -0.1) is 0 Å². The molecule has 6 nitrogen and oxygen atoms in total. The van der Waals surface area contributed by atoms with Crippen LogP contribution in [-0.2, 0) is 6.54 Å². The van der Waals surface area contributed by atoms with E-state index in [0.29, 0.717) is 23.3 Å². The Morgan fingerprint density at radius 2 is 2.04 bits per heavy atom. The van der Waals surface area contributed by atoms with Gasteiger partial charge in [0, 0.05) is 18.6 Å². The summed E-state index contributed by atoms with van der Waals surface area (Å²) in [5.41, 5.74) is 1.73. The number of carbonyl (C=O) groups excluding carboxylic acids is 1. The number of halogens is 1. The molecule has 1 amide bonds. The molecule has 2 aliphatic heterocycles. The smallest absolute Gasteiger partial charge is 0.280 e. The van der Waals surface area contributed by atoms with E-state index in [4.69, 9.17) is 16.6 Å². The quantitative estimate of drug-likeness (QED) is 0.832. The fraction of sp³-hybridized carbons (Fsp3) is 0.389. The molecule has 2 atom stereocenters. The van der Waals surface area contributed by atoms with E-state index in [1.165, 1.54) is 6.42 Å². The van der Waals surface area contributed by atoms with Crippen molar-refractivity contribution in [2.24, 2.45) is 4.99 Å². The molecule has 0 radical (unpaired) electrons. The Morgan fingerprint density at radius 3 is 2.84 bits per heavy atom. The van der Waals surface area contributed by atoms with Gasteiger partial charge in [0.25, 0.3) is 5.91 Å². The number of hydrogen-bond donors (Lipinski definition) is 0. The summed E-state index contributed by atoms with van der Waals surface area (Å²) in [5.74, 6) is 1.46. The van der Waals surface area contributed by atoms with Crippen molar-refractivity contribution in [2.75, 3.05) is 11.9 Å². The molecule has 7 heteroatoms. The lowest BCUT2D eigenvalue weighted by molar-refractivity contribution is 0.0855. The zero-order valence-electron chi connectivity index (χ0n) is 13.9. The maximum absolute atomic E-state index is 12.9. The van der Waals surface area contributed by atoms with E-state index in [-0.39, 0.29) is 11.9 Å². The number of rotatable bonds is 2. The minimum absolute atomic E-state index is 0.0450. The molecule has 0 saturated heterocycles. The Labute approximate surface area is 150 Å². The van der Waals surface area contributed by atoms with Gasteiger partial charge in [0.05, 0.1) is 18.4 Å². The molecule has 3 heterocycles. The zero-order valence-corrected chi connectivity index (χ0v) is 14.6. The van der Waals surface area contributed by atoms with Gasteiger partial charge >= 0.3 is 0 Å². The summed E-state index contributed by atoms with van der Waals surface area (Å²) in [7, 11) is 1.80. The molecular weight excluding hydrogens is 338 g/mol. The van der Waals surface area contributed by atoms with E-state index in [1.807, 2.05) is 28.8 Å². The van der Waals surface area contributed by atoms with Crippen LogP contribution >= 0.6 is 11.6 Å². The Hall–Kier alpha value is -2.34. The number of benzene rings is 1. The van der Waals surface area contributed by atoms with Crippen molar-refractivity contribution in [1.29, 1.82) is 0 Å². The average molecular weight is 356 g/mol. The third-order valence-electron chi connectivity index (χ3n) is 5.39. The Bertz CT molecular complexity index is 887. The SMILES string of the molecule is CN1C(=O)c2c(ncn2Cc2ccc(Cl)cc2)N2C1=N[C@@H]1CCC[C@@H]12. The molecule has 25 heavy (non-hydrogen) atoms. The maximum Gasteiger partial charge on any atom is 0.280 e. The van der Waals surface area contributed by atoms with Gasteiger partial charge in [-0.2, -0.15) is 0 Å². The number of anilines is 1. The first-order valence-corrected chi connectivity index (χ1v) is 8.96. The van der Waals surface area contributed by atoms with Gasteiger partial charge in [-0.3, -0.25) is 14.6 Å². The van der Waals surface area contributed by atoms with Gasteiger partial charge < -0.3 is 4.57 Å². The number of nitrogens with zero attached hydrogens (tertiary/aromatic N) is 5. The second-order valence-electron chi connectivity index (χ2n) is 6.90. The standard InChI is InChI=1S/C18H18ClN5O/c1-22-17(25)15-16(24-14-4-2-3-13(14)21-18(22)24)20-10-23(15)9-11-5-7-12(19)8-6-11/h5-8,10,13-14H,2-4,9H2,1H3/t13-,14+/m1/s1. The second-order valence-corrected chi connectivity index (χ2v) is 7.34. The molecule has 1 fully saturated rings. The highest BCUT2D eigenvalue weighted by atomic mass is 35.5. The number of carbonyl (C=O) groups is 1. The maximum atomic E-state index is 12.9. The van der Waals surface area contributed by atoms with Crippen molar-refractivity contribution < 1.29 is 4.79 Å². The summed E-state index contributed by atoms with van der Waals surface area (Å²) >= 11 is 5.96. The first-order chi connectivity index (χ1) is 12.1. The van der Waals surface area contributed by atoms with Crippen molar-refractivity contribution >= 4 is 29.3 Å². The van der Waals surface area contributed by atoms with Crippen LogP contribution in [-0.4, -0.2) is 45.4 Å². The minimum Gasteiger partial charge on any atom is -0.320 e. The van der Waals surface area contributed by atoms with Crippen molar-refractivity contribution in [3.63, 3.8) is 0 Å².